The lowest BCUT2D eigenvalue weighted by Crippen LogP contribution is -2.25. The van der Waals surface area contributed by atoms with Crippen molar-refractivity contribution in [1.29, 1.82) is 0 Å². The van der Waals surface area contributed by atoms with E-state index in [9.17, 15) is 9.59 Å². The van der Waals surface area contributed by atoms with Crippen molar-refractivity contribution >= 4 is 11.9 Å². The molecule has 7 nitrogen and oxygen atoms in total. The zero-order valence-corrected chi connectivity index (χ0v) is 14.6. The van der Waals surface area contributed by atoms with Crippen LogP contribution in [0, 0.1) is 0 Å². The first kappa shape index (κ1) is 19.1. The van der Waals surface area contributed by atoms with Crippen LogP contribution < -0.4 is 14.8 Å². The van der Waals surface area contributed by atoms with Crippen LogP contribution in [0.5, 0.6) is 11.5 Å². The van der Waals surface area contributed by atoms with Crippen molar-refractivity contribution < 1.29 is 24.2 Å². The number of nitrogens with zero attached hydrogens (tertiary/aromatic N) is 1. The monoisotopic (exact) mass is 350 g/mol. The van der Waals surface area contributed by atoms with E-state index in [1.54, 1.807) is 7.11 Å². The summed E-state index contributed by atoms with van der Waals surface area (Å²) in [4.78, 5) is 24.4. The Labute approximate surface area is 147 Å². The summed E-state index contributed by atoms with van der Waals surface area (Å²) in [5, 5.41) is 11.3. The standard InChI is InChI=1S/C18H26N2O5/c1-24-16-12-14(13-19-17(21)6-7-18(22)23)4-5-15(16)25-11-10-20-8-2-3-9-20/h4-5,12H,2-3,6-11,13H2,1H3,(H,19,21)(H,22,23). The third-order valence-corrected chi connectivity index (χ3v) is 4.15. The molecule has 1 aliphatic rings. The first-order chi connectivity index (χ1) is 12.1. The number of rotatable bonds is 10. The van der Waals surface area contributed by atoms with Gasteiger partial charge in [0.2, 0.25) is 5.91 Å². The number of hydrogen-bond donors (Lipinski definition) is 2. The third-order valence-electron chi connectivity index (χ3n) is 4.15. The summed E-state index contributed by atoms with van der Waals surface area (Å²) in [5.74, 6) is 0.0425. The van der Waals surface area contributed by atoms with Crippen LogP contribution in [-0.2, 0) is 16.1 Å². The molecule has 0 spiro atoms. The van der Waals surface area contributed by atoms with Gasteiger partial charge in [0.1, 0.15) is 6.61 Å². The number of carbonyl (C=O) groups is 2. The number of carboxylic acid groups (broad SMARTS) is 1. The molecule has 0 saturated carbocycles. The van der Waals surface area contributed by atoms with E-state index < -0.39 is 5.97 Å². The molecular formula is C18H26N2O5. The van der Waals surface area contributed by atoms with Crippen LogP contribution in [0.4, 0.5) is 0 Å². The number of methoxy groups -OCH3 is 1. The fourth-order valence-electron chi connectivity index (χ4n) is 2.74. The minimum atomic E-state index is -0.979. The van der Waals surface area contributed by atoms with Crippen LogP contribution in [0.15, 0.2) is 18.2 Å². The highest BCUT2D eigenvalue weighted by Crippen LogP contribution is 2.28. The Balaban J connectivity index is 1.80. The van der Waals surface area contributed by atoms with Crippen molar-refractivity contribution in [3.05, 3.63) is 23.8 Å². The maximum atomic E-state index is 11.6. The lowest BCUT2D eigenvalue weighted by molar-refractivity contribution is -0.138. The van der Waals surface area contributed by atoms with E-state index >= 15 is 0 Å². The van der Waals surface area contributed by atoms with Gasteiger partial charge in [-0.2, -0.15) is 0 Å². The van der Waals surface area contributed by atoms with Crippen molar-refractivity contribution in [3.63, 3.8) is 0 Å². The molecule has 0 aromatic heterocycles. The lowest BCUT2D eigenvalue weighted by Gasteiger charge is -2.16. The fourth-order valence-corrected chi connectivity index (χ4v) is 2.74. The molecule has 1 heterocycles. The van der Waals surface area contributed by atoms with E-state index in [0.717, 1.165) is 25.2 Å². The zero-order valence-electron chi connectivity index (χ0n) is 14.6. The third kappa shape index (κ3) is 6.62. The summed E-state index contributed by atoms with van der Waals surface area (Å²) in [6.07, 6.45) is 2.33. The van der Waals surface area contributed by atoms with Crippen molar-refractivity contribution in [3.8, 4) is 11.5 Å². The predicted molar refractivity (Wildman–Crippen MR) is 92.9 cm³/mol. The topological polar surface area (TPSA) is 88.1 Å². The molecule has 7 heteroatoms. The number of benzene rings is 1. The molecule has 0 aliphatic carbocycles. The van der Waals surface area contributed by atoms with Crippen LogP contribution in [0.2, 0.25) is 0 Å². The van der Waals surface area contributed by atoms with Gasteiger partial charge in [-0.25, -0.2) is 0 Å². The lowest BCUT2D eigenvalue weighted by atomic mass is 10.2. The number of carbonyl (C=O) groups excluding carboxylic acids is 1. The first-order valence-electron chi connectivity index (χ1n) is 8.59. The van der Waals surface area contributed by atoms with Crippen LogP contribution >= 0.6 is 0 Å². The van der Waals surface area contributed by atoms with E-state index in [2.05, 4.69) is 10.2 Å². The van der Waals surface area contributed by atoms with E-state index in [1.165, 1.54) is 12.8 Å². The number of carboxylic acids is 1. The summed E-state index contributed by atoms with van der Waals surface area (Å²) in [6, 6.07) is 5.52. The quantitative estimate of drug-likeness (QED) is 0.667. The average molecular weight is 350 g/mol. The summed E-state index contributed by atoms with van der Waals surface area (Å²) in [5.41, 5.74) is 0.868. The van der Waals surface area contributed by atoms with Gasteiger partial charge in [0.25, 0.3) is 0 Å². The molecule has 0 unspecified atom stereocenters. The molecular weight excluding hydrogens is 324 g/mol. The van der Waals surface area contributed by atoms with Crippen LogP contribution in [0.1, 0.15) is 31.2 Å². The number of nitrogens with one attached hydrogen (secondary N) is 1. The van der Waals surface area contributed by atoms with Gasteiger partial charge in [0.05, 0.1) is 13.5 Å². The summed E-state index contributed by atoms with van der Waals surface area (Å²) >= 11 is 0. The number of amides is 1. The molecule has 1 amide bonds. The maximum absolute atomic E-state index is 11.6. The molecule has 1 fully saturated rings. The Morgan fingerprint density at radius 1 is 1.20 bits per heavy atom. The molecule has 1 aliphatic heterocycles. The van der Waals surface area contributed by atoms with E-state index in [-0.39, 0.29) is 18.7 Å². The Kier molecular flexibility index (Phi) is 7.53. The Morgan fingerprint density at radius 2 is 1.96 bits per heavy atom. The Hall–Kier alpha value is -2.28. The Bertz CT molecular complexity index is 585. The number of ether oxygens (including phenoxy) is 2. The summed E-state index contributed by atoms with van der Waals surface area (Å²) < 4.78 is 11.2. The smallest absolute Gasteiger partial charge is 0.303 e. The first-order valence-corrected chi connectivity index (χ1v) is 8.59. The van der Waals surface area contributed by atoms with E-state index in [1.807, 2.05) is 18.2 Å². The maximum Gasteiger partial charge on any atom is 0.303 e. The molecule has 2 rings (SSSR count). The van der Waals surface area contributed by atoms with Gasteiger partial charge in [0.15, 0.2) is 11.5 Å². The van der Waals surface area contributed by atoms with Gasteiger partial charge < -0.3 is 19.9 Å². The molecule has 0 radical (unpaired) electrons. The van der Waals surface area contributed by atoms with Gasteiger partial charge in [-0.15, -0.1) is 0 Å². The molecule has 1 aromatic rings. The van der Waals surface area contributed by atoms with Crippen molar-refractivity contribution in [2.45, 2.75) is 32.2 Å². The normalized spacial score (nSPS) is 14.3. The zero-order chi connectivity index (χ0) is 18.1. The van der Waals surface area contributed by atoms with Gasteiger partial charge in [-0.1, -0.05) is 6.07 Å². The summed E-state index contributed by atoms with van der Waals surface area (Å²) in [7, 11) is 1.58. The second kappa shape index (κ2) is 9.88. The molecule has 0 bridgehead atoms. The number of hydrogen-bond acceptors (Lipinski definition) is 5. The molecule has 0 atom stereocenters. The fraction of sp³-hybridized carbons (Fsp3) is 0.556. The Morgan fingerprint density at radius 3 is 2.64 bits per heavy atom. The van der Waals surface area contributed by atoms with Crippen molar-refractivity contribution in [2.24, 2.45) is 0 Å². The van der Waals surface area contributed by atoms with Crippen LogP contribution in [-0.4, -0.2) is 55.2 Å². The van der Waals surface area contributed by atoms with Crippen molar-refractivity contribution in [1.82, 2.24) is 10.2 Å². The van der Waals surface area contributed by atoms with Crippen LogP contribution in [0.25, 0.3) is 0 Å². The number of aliphatic carboxylic acids is 1. The minimum Gasteiger partial charge on any atom is -0.493 e. The minimum absolute atomic E-state index is 0.0236. The molecule has 1 aromatic carbocycles. The molecule has 138 valence electrons. The number of likely N-dealkylation sites (tertiary alicyclic amines) is 1. The van der Waals surface area contributed by atoms with E-state index in [0.29, 0.717) is 24.7 Å². The van der Waals surface area contributed by atoms with E-state index in [4.69, 9.17) is 14.6 Å². The second-order valence-electron chi connectivity index (χ2n) is 6.05. The van der Waals surface area contributed by atoms with Crippen molar-refractivity contribution in [2.75, 3.05) is 33.4 Å². The van der Waals surface area contributed by atoms with Gasteiger partial charge in [-0.05, 0) is 43.6 Å². The van der Waals surface area contributed by atoms with Crippen LogP contribution in [0.3, 0.4) is 0 Å². The van der Waals surface area contributed by atoms with Gasteiger partial charge in [-0.3, -0.25) is 14.5 Å². The molecule has 1 saturated heterocycles. The highest BCUT2D eigenvalue weighted by atomic mass is 16.5. The second-order valence-corrected chi connectivity index (χ2v) is 6.05. The molecule has 25 heavy (non-hydrogen) atoms. The largest absolute Gasteiger partial charge is 0.493 e. The predicted octanol–water partition coefficient (Wildman–Crippen LogP) is 1.65. The highest BCUT2D eigenvalue weighted by molar-refractivity contribution is 5.80. The van der Waals surface area contributed by atoms with Gasteiger partial charge in [0, 0.05) is 19.5 Å². The highest BCUT2D eigenvalue weighted by Gasteiger charge is 2.12. The SMILES string of the molecule is COc1cc(CNC(=O)CCC(=O)O)ccc1OCCN1CCCC1. The summed E-state index contributed by atoms with van der Waals surface area (Å²) in [6.45, 7) is 4.12. The molecule has 2 N–H and O–H groups in total. The van der Waals surface area contributed by atoms with Gasteiger partial charge >= 0.3 is 5.97 Å². The average Bonchev–Trinajstić information content (AvgIpc) is 3.12.